The fourth-order valence-corrected chi connectivity index (χ4v) is 4.65. The van der Waals surface area contributed by atoms with Gasteiger partial charge in [0.05, 0.1) is 11.8 Å². The molecule has 0 spiro atoms. The van der Waals surface area contributed by atoms with Crippen molar-refractivity contribution in [3.8, 4) is 0 Å². The summed E-state index contributed by atoms with van der Waals surface area (Å²) in [7, 11) is 0. The summed E-state index contributed by atoms with van der Waals surface area (Å²) < 4.78 is 1.61. The maximum absolute atomic E-state index is 12.4. The minimum atomic E-state index is -0.254. The normalized spacial score (nSPS) is 25.7. The van der Waals surface area contributed by atoms with Crippen molar-refractivity contribution in [1.82, 2.24) is 14.3 Å². The van der Waals surface area contributed by atoms with E-state index < -0.39 is 0 Å². The molecule has 0 amide bonds. The summed E-state index contributed by atoms with van der Waals surface area (Å²) in [6.07, 6.45) is 8.92. The largest absolute Gasteiger partial charge is 0.392 e. The molecule has 2 aromatic heterocycles. The number of rotatable bonds is 3. The Hall–Kier alpha value is -1.72. The van der Waals surface area contributed by atoms with Crippen molar-refractivity contribution in [3.05, 3.63) is 46.0 Å². The number of aliphatic hydroxyl groups is 1. The molecule has 2 aromatic rings. The van der Waals surface area contributed by atoms with Crippen molar-refractivity contribution < 1.29 is 5.11 Å². The van der Waals surface area contributed by atoms with Gasteiger partial charge < -0.3 is 5.11 Å². The van der Waals surface area contributed by atoms with Gasteiger partial charge in [0.1, 0.15) is 5.65 Å². The van der Waals surface area contributed by atoms with Gasteiger partial charge in [-0.2, -0.15) is 0 Å². The lowest BCUT2D eigenvalue weighted by Gasteiger charge is -2.33. The Kier molecular flexibility index (Phi) is 4.61. The van der Waals surface area contributed by atoms with Crippen LogP contribution in [0.4, 0.5) is 0 Å². The molecule has 2 atom stereocenters. The number of likely N-dealkylation sites (tertiary alicyclic amines) is 1. The Bertz CT molecular complexity index is 810. The number of β-amino-alcohol motifs (C(OH)–C–C–N with tert-alkyl or cyclic N) is 1. The van der Waals surface area contributed by atoms with Crippen LogP contribution in [0.1, 0.15) is 49.8 Å². The van der Waals surface area contributed by atoms with Crippen molar-refractivity contribution in [1.29, 1.82) is 0 Å². The van der Waals surface area contributed by atoms with Crippen LogP contribution in [0.25, 0.3) is 5.65 Å². The molecule has 0 bridgehead atoms. The zero-order valence-corrected chi connectivity index (χ0v) is 14.9. The van der Waals surface area contributed by atoms with E-state index in [9.17, 15) is 9.90 Å². The average molecular weight is 341 g/mol. The van der Waals surface area contributed by atoms with Crippen LogP contribution in [0, 0.1) is 12.8 Å². The van der Waals surface area contributed by atoms with Crippen molar-refractivity contribution in [2.45, 2.75) is 64.1 Å². The Morgan fingerprint density at radius 3 is 2.84 bits per heavy atom. The SMILES string of the molecule is Cc1ccc2nc(CN3C[C@H](O)C[C@H]3C3CCCCC3)cc(=O)n2c1. The van der Waals surface area contributed by atoms with Gasteiger partial charge in [-0.1, -0.05) is 25.3 Å². The molecule has 1 aliphatic heterocycles. The van der Waals surface area contributed by atoms with Gasteiger partial charge in [0.15, 0.2) is 0 Å². The number of aromatic nitrogens is 2. The Balaban J connectivity index is 1.58. The smallest absolute Gasteiger partial charge is 0.258 e. The predicted molar refractivity (Wildman–Crippen MR) is 97.6 cm³/mol. The highest BCUT2D eigenvalue weighted by molar-refractivity contribution is 5.39. The summed E-state index contributed by atoms with van der Waals surface area (Å²) in [6.45, 7) is 3.31. The minimum Gasteiger partial charge on any atom is -0.392 e. The fraction of sp³-hybridized carbons (Fsp3) is 0.600. The van der Waals surface area contributed by atoms with Gasteiger partial charge >= 0.3 is 0 Å². The molecule has 1 saturated heterocycles. The van der Waals surface area contributed by atoms with E-state index in [0.29, 0.717) is 30.7 Å². The van der Waals surface area contributed by atoms with E-state index in [4.69, 9.17) is 0 Å². The van der Waals surface area contributed by atoms with E-state index in [1.165, 1.54) is 32.1 Å². The Labute approximate surface area is 148 Å². The van der Waals surface area contributed by atoms with Crippen molar-refractivity contribution in [2.24, 2.45) is 5.92 Å². The quantitative estimate of drug-likeness (QED) is 0.932. The van der Waals surface area contributed by atoms with Gasteiger partial charge in [-0.3, -0.25) is 14.1 Å². The van der Waals surface area contributed by atoms with Crippen LogP contribution >= 0.6 is 0 Å². The number of nitrogens with zero attached hydrogens (tertiary/aromatic N) is 3. The third kappa shape index (κ3) is 3.48. The maximum atomic E-state index is 12.4. The highest BCUT2D eigenvalue weighted by Gasteiger charge is 2.36. The molecule has 5 heteroatoms. The lowest BCUT2D eigenvalue weighted by Crippen LogP contribution is -2.36. The Morgan fingerprint density at radius 1 is 1.24 bits per heavy atom. The summed E-state index contributed by atoms with van der Waals surface area (Å²) in [4.78, 5) is 19.5. The topological polar surface area (TPSA) is 57.8 Å². The monoisotopic (exact) mass is 341 g/mol. The second-order valence-corrected chi connectivity index (χ2v) is 7.80. The van der Waals surface area contributed by atoms with E-state index in [2.05, 4.69) is 9.88 Å². The first kappa shape index (κ1) is 16.7. The number of aryl methyl sites for hydroxylation is 1. The summed E-state index contributed by atoms with van der Waals surface area (Å²) in [6, 6.07) is 5.96. The molecule has 0 unspecified atom stereocenters. The molecular formula is C20H27N3O2. The van der Waals surface area contributed by atoms with Crippen LogP contribution in [-0.2, 0) is 6.54 Å². The van der Waals surface area contributed by atoms with Crippen LogP contribution < -0.4 is 5.56 Å². The third-order valence-electron chi connectivity index (χ3n) is 5.85. The molecule has 25 heavy (non-hydrogen) atoms. The number of pyridine rings is 1. The van der Waals surface area contributed by atoms with E-state index in [-0.39, 0.29) is 11.7 Å². The standard InChI is InChI=1S/C20H27N3O2/c1-14-7-8-19-21-16(9-20(25)23(19)11-14)12-22-13-17(24)10-18(22)15-5-3-2-4-6-15/h7-9,11,15,17-18,24H,2-6,10,12-13H2,1H3/t17-,18+/m1/s1. The fourth-order valence-electron chi connectivity index (χ4n) is 4.65. The van der Waals surface area contributed by atoms with E-state index in [0.717, 1.165) is 17.7 Å². The summed E-state index contributed by atoms with van der Waals surface area (Å²) in [5.41, 5.74) is 2.52. The predicted octanol–water partition coefficient (Wildman–Crippen LogP) is 2.52. The average Bonchev–Trinajstić information content (AvgIpc) is 2.97. The third-order valence-corrected chi connectivity index (χ3v) is 5.85. The van der Waals surface area contributed by atoms with Gasteiger partial charge in [-0.15, -0.1) is 0 Å². The molecule has 1 saturated carbocycles. The lowest BCUT2D eigenvalue weighted by molar-refractivity contribution is 0.146. The zero-order valence-electron chi connectivity index (χ0n) is 14.9. The van der Waals surface area contributed by atoms with E-state index in [1.807, 2.05) is 25.3 Å². The van der Waals surface area contributed by atoms with Crippen molar-refractivity contribution >= 4 is 5.65 Å². The molecule has 1 aliphatic carbocycles. The number of aliphatic hydroxyl groups excluding tert-OH is 1. The summed E-state index contributed by atoms with van der Waals surface area (Å²) >= 11 is 0. The van der Waals surface area contributed by atoms with E-state index in [1.54, 1.807) is 10.5 Å². The van der Waals surface area contributed by atoms with Gasteiger partial charge in [-0.25, -0.2) is 4.98 Å². The van der Waals surface area contributed by atoms with Gasteiger partial charge in [0.2, 0.25) is 0 Å². The molecule has 5 nitrogen and oxygen atoms in total. The first-order chi connectivity index (χ1) is 12.1. The van der Waals surface area contributed by atoms with Gasteiger partial charge in [0.25, 0.3) is 5.56 Å². The molecule has 1 N–H and O–H groups in total. The molecule has 0 radical (unpaired) electrons. The van der Waals surface area contributed by atoms with Crippen LogP contribution in [0.3, 0.4) is 0 Å². The van der Waals surface area contributed by atoms with Gasteiger partial charge in [-0.05, 0) is 43.7 Å². The lowest BCUT2D eigenvalue weighted by atomic mass is 9.82. The van der Waals surface area contributed by atoms with Crippen LogP contribution in [0.2, 0.25) is 0 Å². The zero-order chi connectivity index (χ0) is 17.4. The number of fused-ring (bicyclic) bond motifs is 1. The molecular weight excluding hydrogens is 314 g/mol. The van der Waals surface area contributed by atoms with Crippen LogP contribution in [-0.4, -0.2) is 38.1 Å². The molecule has 3 heterocycles. The highest BCUT2D eigenvalue weighted by Crippen LogP contribution is 2.35. The molecule has 2 fully saturated rings. The van der Waals surface area contributed by atoms with Crippen molar-refractivity contribution in [2.75, 3.05) is 6.54 Å². The number of hydrogen-bond donors (Lipinski definition) is 1. The van der Waals surface area contributed by atoms with Gasteiger partial charge in [0, 0.05) is 31.4 Å². The van der Waals surface area contributed by atoms with E-state index >= 15 is 0 Å². The summed E-state index contributed by atoms with van der Waals surface area (Å²) in [5, 5.41) is 10.2. The second-order valence-electron chi connectivity index (χ2n) is 7.80. The second kappa shape index (κ2) is 6.89. The molecule has 134 valence electrons. The highest BCUT2D eigenvalue weighted by atomic mass is 16.3. The molecule has 4 rings (SSSR count). The summed E-state index contributed by atoms with van der Waals surface area (Å²) in [5.74, 6) is 0.676. The first-order valence-electron chi connectivity index (χ1n) is 9.51. The molecule has 0 aromatic carbocycles. The Morgan fingerprint density at radius 2 is 2.04 bits per heavy atom. The minimum absolute atomic E-state index is 0.0299. The first-order valence-corrected chi connectivity index (χ1v) is 9.51. The maximum Gasteiger partial charge on any atom is 0.258 e. The van der Waals surface area contributed by atoms with Crippen LogP contribution in [0.15, 0.2) is 29.2 Å². The van der Waals surface area contributed by atoms with Crippen LogP contribution in [0.5, 0.6) is 0 Å². The molecule has 2 aliphatic rings. The van der Waals surface area contributed by atoms with Crippen molar-refractivity contribution in [3.63, 3.8) is 0 Å². The number of hydrogen-bond acceptors (Lipinski definition) is 4.